The molecule has 1 aromatic carbocycles. The first-order valence-corrected chi connectivity index (χ1v) is 8.63. The molecule has 2 rings (SSSR count). The number of hydrogen-bond donors (Lipinski definition) is 1. The van der Waals surface area contributed by atoms with Crippen molar-refractivity contribution in [1.82, 2.24) is 10.1 Å². The molecule has 0 aliphatic heterocycles. The van der Waals surface area contributed by atoms with E-state index in [0.29, 0.717) is 24.3 Å². The molecule has 6 nitrogen and oxygen atoms in total. The van der Waals surface area contributed by atoms with Crippen LogP contribution in [0.25, 0.3) is 0 Å². The standard InChI is InChI=1S/C18H17F6N3O3/c1-3-4-27(9-15(28)25-14-5-10(2)30-26-14)16(29)11-6-12(17(19,20)21)8-13(7-11)18(22,23)24/h5-8H,3-4,9H2,1-2H3,(H,25,26,28). The topological polar surface area (TPSA) is 75.4 Å². The number of aryl methyl sites for hydroxylation is 1. The van der Waals surface area contributed by atoms with Gasteiger partial charge in [-0.2, -0.15) is 26.3 Å². The maximum atomic E-state index is 13.0. The second-order valence-corrected chi connectivity index (χ2v) is 6.39. The van der Waals surface area contributed by atoms with E-state index in [1.54, 1.807) is 13.8 Å². The number of nitrogens with one attached hydrogen (secondary N) is 1. The summed E-state index contributed by atoms with van der Waals surface area (Å²) >= 11 is 0. The predicted molar refractivity (Wildman–Crippen MR) is 92.5 cm³/mol. The molecule has 2 aromatic rings. The number of halogens is 6. The van der Waals surface area contributed by atoms with Crippen LogP contribution in [0.5, 0.6) is 0 Å². The van der Waals surface area contributed by atoms with E-state index >= 15 is 0 Å². The van der Waals surface area contributed by atoms with Crippen LogP contribution in [-0.2, 0) is 17.1 Å². The highest BCUT2D eigenvalue weighted by Gasteiger charge is 2.38. The molecule has 0 fully saturated rings. The molecule has 2 amide bonds. The maximum absolute atomic E-state index is 13.0. The number of alkyl halides is 6. The average molecular weight is 437 g/mol. The molecule has 12 heteroatoms. The molecule has 0 saturated heterocycles. The van der Waals surface area contributed by atoms with Crippen molar-refractivity contribution in [2.24, 2.45) is 0 Å². The Morgan fingerprint density at radius 3 is 2.03 bits per heavy atom. The van der Waals surface area contributed by atoms with E-state index < -0.39 is 47.4 Å². The van der Waals surface area contributed by atoms with Gasteiger partial charge in [-0.05, 0) is 31.5 Å². The second-order valence-electron chi connectivity index (χ2n) is 6.39. The predicted octanol–water partition coefficient (Wildman–Crippen LogP) is 4.51. The van der Waals surface area contributed by atoms with Crippen LogP contribution >= 0.6 is 0 Å². The first kappa shape index (κ1) is 23.2. The van der Waals surface area contributed by atoms with Crippen LogP contribution in [0.4, 0.5) is 32.2 Å². The van der Waals surface area contributed by atoms with Gasteiger partial charge in [0.05, 0.1) is 11.1 Å². The Hall–Kier alpha value is -3.05. The molecule has 0 spiro atoms. The van der Waals surface area contributed by atoms with Gasteiger partial charge in [-0.1, -0.05) is 12.1 Å². The highest BCUT2D eigenvalue weighted by atomic mass is 19.4. The first-order chi connectivity index (χ1) is 13.8. The number of aromatic nitrogens is 1. The molecule has 30 heavy (non-hydrogen) atoms. The van der Waals surface area contributed by atoms with Crippen LogP contribution in [0.2, 0.25) is 0 Å². The highest BCUT2D eigenvalue weighted by Crippen LogP contribution is 2.36. The minimum atomic E-state index is -5.09. The van der Waals surface area contributed by atoms with E-state index in [0.717, 1.165) is 4.90 Å². The highest BCUT2D eigenvalue weighted by molar-refractivity contribution is 5.99. The van der Waals surface area contributed by atoms with Crippen LogP contribution in [0.15, 0.2) is 28.8 Å². The molecule has 0 aliphatic carbocycles. The summed E-state index contributed by atoms with van der Waals surface area (Å²) in [6, 6.07) is 1.99. The minimum absolute atomic E-state index is 0.0554. The largest absolute Gasteiger partial charge is 0.416 e. The van der Waals surface area contributed by atoms with Crippen molar-refractivity contribution < 1.29 is 40.5 Å². The fourth-order valence-corrected chi connectivity index (χ4v) is 2.56. The molecule has 1 aromatic heterocycles. The summed E-state index contributed by atoms with van der Waals surface area (Å²) in [5.74, 6) is -1.43. The number of carbonyl (C=O) groups excluding carboxylic acids is 2. The van der Waals surface area contributed by atoms with Gasteiger partial charge in [0.25, 0.3) is 5.91 Å². The summed E-state index contributed by atoms with van der Waals surface area (Å²) < 4.78 is 83.0. The number of nitrogens with zero attached hydrogens (tertiary/aromatic N) is 2. The van der Waals surface area contributed by atoms with Crippen LogP contribution in [0.3, 0.4) is 0 Å². The zero-order valence-electron chi connectivity index (χ0n) is 15.8. The van der Waals surface area contributed by atoms with E-state index in [9.17, 15) is 35.9 Å². The third-order valence-corrected chi connectivity index (χ3v) is 3.85. The molecule has 0 bridgehead atoms. The summed E-state index contributed by atoms with van der Waals surface area (Å²) in [6.07, 6.45) is -9.87. The number of anilines is 1. The van der Waals surface area contributed by atoms with E-state index in [4.69, 9.17) is 4.52 Å². The van der Waals surface area contributed by atoms with Crippen molar-refractivity contribution in [2.45, 2.75) is 32.6 Å². The summed E-state index contributed by atoms with van der Waals surface area (Å²) in [5, 5.41) is 5.86. The van der Waals surface area contributed by atoms with Crippen LogP contribution in [0.1, 0.15) is 40.6 Å². The van der Waals surface area contributed by atoms with Crippen molar-refractivity contribution in [3.63, 3.8) is 0 Å². The lowest BCUT2D eigenvalue weighted by Crippen LogP contribution is -2.38. The molecular weight excluding hydrogens is 420 g/mol. The SMILES string of the molecule is CCCN(CC(=O)Nc1cc(C)on1)C(=O)c1cc(C(F)(F)F)cc(C(F)(F)F)c1. The van der Waals surface area contributed by atoms with E-state index in [2.05, 4.69) is 10.5 Å². The molecule has 1 heterocycles. The van der Waals surface area contributed by atoms with Gasteiger partial charge in [-0.25, -0.2) is 0 Å². The summed E-state index contributed by atoms with van der Waals surface area (Å²) in [4.78, 5) is 25.7. The number of rotatable bonds is 6. The molecule has 0 atom stereocenters. The third kappa shape index (κ3) is 5.97. The van der Waals surface area contributed by atoms with E-state index in [1.807, 2.05) is 0 Å². The van der Waals surface area contributed by atoms with Gasteiger partial charge in [0.1, 0.15) is 12.3 Å². The fraction of sp³-hybridized carbons (Fsp3) is 0.389. The molecule has 0 saturated carbocycles. The van der Waals surface area contributed by atoms with Crippen molar-refractivity contribution in [2.75, 3.05) is 18.4 Å². The Bertz CT molecular complexity index is 888. The summed E-state index contributed by atoms with van der Waals surface area (Å²) in [7, 11) is 0. The van der Waals surface area contributed by atoms with Gasteiger partial charge in [-0.15, -0.1) is 0 Å². The van der Waals surface area contributed by atoms with Gasteiger partial charge in [0.2, 0.25) is 5.91 Å². The molecule has 0 unspecified atom stereocenters. The molecule has 0 radical (unpaired) electrons. The normalized spacial score (nSPS) is 12.0. The quantitative estimate of drug-likeness (QED) is 0.675. The first-order valence-electron chi connectivity index (χ1n) is 8.63. The fourth-order valence-electron chi connectivity index (χ4n) is 2.56. The summed E-state index contributed by atoms with van der Waals surface area (Å²) in [6.45, 7) is 2.53. The molecular formula is C18H17F6N3O3. The Balaban J connectivity index is 2.32. The Labute approximate surface area is 166 Å². The third-order valence-electron chi connectivity index (χ3n) is 3.85. The number of benzene rings is 1. The van der Waals surface area contributed by atoms with Crippen molar-refractivity contribution in [3.05, 3.63) is 46.7 Å². The lowest BCUT2D eigenvalue weighted by molar-refractivity contribution is -0.143. The van der Waals surface area contributed by atoms with E-state index in [-0.39, 0.29) is 18.4 Å². The maximum Gasteiger partial charge on any atom is 0.416 e. The van der Waals surface area contributed by atoms with Gasteiger partial charge in [-0.3, -0.25) is 9.59 Å². The monoisotopic (exact) mass is 437 g/mol. The van der Waals surface area contributed by atoms with Crippen LogP contribution < -0.4 is 5.32 Å². The average Bonchev–Trinajstić information content (AvgIpc) is 3.03. The molecule has 1 N–H and O–H groups in total. The van der Waals surface area contributed by atoms with Crippen LogP contribution in [-0.4, -0.2) is 35.0 Å². The number of carbonyl (C=O) groups is 2. The Kier molecular flexibility index (Phi) is 6.78. The Morgan fingerprint density at radius 2 is 1.60 bits per heavy atom. The number of hydrogen-bond acceptors (Lipinski definition) is 4. The number of amides is 2. The van der Waals surface area contributed by atoms with E-state index in [1.165, 1.54) is 6.07 Å². The van der Waals surface area contributed by atoms with Gasteiger partial charge < -0.3 is 14.7 Å². The minimum Gasteiger partial charge on any atom is -0.360 e. The van der Waals surface area contributed by atoms with Gasteiger partial charge in [0, 0.05) is 18.2 Å². The lowest BCUT2D eigenvalue weighted by atomic mass is 10.0. The zero-order valence-corrected chi connectivity index (χ0v) is 15.8. The zero-order chi connectivity index (χ0) is 22.7. The molecule has 0 aliphatic rings. The smallest absolute Gasteiger partial charge is 0.360 e. The summed E-state index contributed by atoms with van der Waals surface area (Å²) in [5.41, 5.74) is -4.05. The van der Waals surface area contributed by atoms with Gasteiger partial charge >= 0.3 is 12.4 Å². The van der Waals surface area contributed by atoms with Crippen molar-refractivity contribution >= 4 is 17.6 Å². The van der Waals surface area contributed by atoms with Crippen molar-refractivity contribution in [1.29, 1.82) is 0 Å². The second kappa shape index (κ2) is 8.76. The van der Waals surface area contributed by atoms with Gasteiger partial charge in [0.15, 0.2) is 5.82 Å². The van der Waals surface area contributed by atoms with Crippen molar-refractivity contribution in [3.8, 4) is 0 Å². The Morgan fingerprint density at radius 1 is 1.03 bits per heavy atom. The lowest BCUT2D eigenvalue weighted by Gasteiger charge is -2.22. The molecule has 164 valence electrons. The van der Waals surface area contributed by atoms with Crippen LogP contribution in [0, 0.1) is 6.92 Å².